The van der Waals surface area contributed by atoms with Gasteiger partial charge in [0.25, 0.3) is 5.69 Å². The summed E-state index contributed by atoms with van der Waals surface area (Å²) in [5.41, 5.74) is 0.705. The molecule has 1 aromatic carbocycles. The number of carboxylic acids is 1. The van der Waals surface area contributed by atoms with Gasteiger partial charge in [-0.3, -0.25) is 10.1 Å². The van der Waals surface area contributed by atoms with Crippen molar-refractivity contribution in [3.05, 3.63) is 46.0 Å². The largest absolute Gasteiger partial charge is 0.478 e. The SMILES string of the molecule is CCCCCCCCCCCCCCCCCCC=C(C(=O)O)c1ccc([N+](=O)[O-])cc1. The lowest BCUT2D eigenvalue weighted by atomic mass is 10.0. The number of allylic oxidation sites excluding steroid dienone is 1. The molecule has 0 radical (unpaired) electrons. The van der Waals surface area contributed by atoms with Gasteiger partial charge in [-0.1, -0.05) is 109 Å². The van der Waals surface area contributed by atoms with Crippen LogP contribution in [0.2, 0.25) is 0 Å². The van der Waals surface area contributed by atoms with Gasteiger partial charge in [-0.2, -0.15) is 0 Å². The van der Waals surface area contributed by atoms with E-state index in [2.05, 4.69) is 6.92 Å². The van der Waals surface area contributed by atoms with Crippen LogP contribution >= 0.6 is 0 Å². The van der Waals surface area contributed by atoms with Gasteiger partial charge in [0.15, 0.2) is 0 Å². The van der Waals surface area contributed by atoms with E-state index >= 15 is 0 Å². The van der Waals surface area contributed by atoms with E-state index in [0.717, 1.165) is 19.3 Å². The molecule has 180 valence electrons. The Balaban J connectivity index is 2.04. The fourth-order valence-corrected chi connectivity index (χ4v) is 4.03. The summed E-state index contributed by atoms with van der Waals surface area (Å²) >= 11 is 0. The molecule has 0 aliphatic carbocycles. The molecule has 1 N–H and O–H groups in total. The number of unbranched alkanes of at least 4 members (excludes halogenated alkanes) is 16. The molecule has 0 saturated carbocycles. The first-order valence-electron chi connectivity index (χ1n) is 12.7. The monoisotopic (exact) mass is 445 g/mol. The smallest absolute Gasteiger partial charge is 0.335 e. The van der Waals surface area contributed by atoms with Crippen molar-refractivity contribution >= 4 is 17.2 Å². The maximum atomic E-state index is 11.5. The van der Waals surface area contributed by atoms with Crippen molar-refractivity contribution in [2.75, 3.05) is 0 Å². The quantitative estimate of drug-likeness (QED) is 0.0941. The number of carbonyl (C=O) groups is 1. The van der Waals surface area contributed by atoms with Gasteiger partial charge < -0.3 is 5.11 Å². The number of benzene rings is 1. The van der Waals surface area contributed by atoms with Crippen molar-refractivity contribution in [1.29, 1.82) is 0 Å². The number of carboxylic acid groups (broad SMARTS) is 1. The number of non-ortho nitro benzene ring substituents is 1. The van der Waals surface area contributed by atoms with Crippen molar-refractivity contribution in [3.8, 4) is 0 Å². The molecular weight excluding hydrogens is 402 g/mol. The summed E-state index contributed by atoms with van der Waals surface area (Å²) in [6, 6.07) is 5.71. The Morgan fingerprint density at radius 1 is 0.781 bits per heavy atom. The Hall–Kier alpha value is -2.17. The van der Waals surface area contributed by atoms with E-state index < -0.39 is 10.9 Å². The first-order valence-corrected chi connectivity index (χ1v) is 12.7. The van der Waals surface area contributed by atoms with Gasteiger partial charge in [0, 0.05) is 12.1 Å². The molecule has 0 aromatic heterocycles. The number of aliphatic carboxylic acids is 1. The highest BCUT2D eigenvalue weighted by molar-refractivity contribution is 6.15. The summed E-state index contributed by atoms with van der Waals surface area (Å²) < 4.78 is 0. The average molecular weight is 446 g/mol. The van der Waals surface area contributed by atoms with E-state index in [-0.39, 0.29) is 11.3 Å². The van der Waals surface area contributed by atoms with Gasteiger partial charge in [0.2, 0.25) is 0 Å². The Morgan fingerprint density at radius 2 is 1.19 bits per heavy atom. The second-order valence-corrected chi connectivity index (χ2v) is 8.82. The Morgan fingerprint density at radius 3 is 1.56 bits per heavy atom. The van der Waals surface area contributed by atoms with Gasteiger partial charge in [0.1, 0.15) is 0 Å². The number of nitro benzene ring substituents is 1. The van der Waals surface area contributed by atoms with Crippen molar-refractivity contribution in [1.82, 2.24) is 0 Å². The van der Waals surface area contributed by atoms with Crippen LogP contribution in [0.1, 0.15) is 122 Å². The van der Waals surface area contributed by atoms with Gasteiger partial charge in [-0.05, 0) is 30.5 Å². The number of nitrogens with zero attached hydrogens (tertiary/aromatic N) is 1. The van der Waals surface area contributed by atoms with Crippen LogP contribution in [0.15, 0.2) is 30.3 Å². The van der Waals surface area contributed by atoms with Crippen LogP contribution in [0.4, 0.5) is 5.69 Å². The van der Waals surface area contributed by atoms with E-state index in [1.54, 1.807) is 6.08 Å². The minimum absolute atomic E-state index is 0.0312. The molecule has 0 unspecified atom stereocenters. The molecule has 0 aliphatic rings. The zero-order valence-corrected chi connectivity index (χ0v) is 20.0. The third kappa shape index (κ3) is 13.3. The highest BCUT2D eigenvalue weighted by Crippen LogP contribution is 2.21. The fraction of sp³-hybridized carbons (Fsp3) is 0.667. The minimum Gasteiger partial charge on any atom is -0.478 e. The summed E-state index contributed by atoms with van der Waals surface area (Å²) in [6.07, 6.45) is 23.5. The Labute approximate surface area is 194 Å². The predicted octanol–water partition coefficient (Wildman–Crippen LogP) is 8.71. The molecule has 0 heterocycles. The van der Waals surface area contributed by atoms with E-state index in [1.165, 1.54) is 114 Å². The first-order chi connectivity index (χ1) is 15.6. The van der Waals surface area contributed by atoms with Crippen molar-refractivity contribution in [2.24, 2.45) is 0 Å². The van der Waals surface area contributed by atoms with Crippen molar-refractivity contribution in [3.63, 3.8) is 0 Å². The summed E-state index contributed by atoms with van der Waals surface area (Å²) in [4.78, 5) is 21.8. The van der Waals surface area contributed by atoms with Gasteiger partial charge in [-0.15, -0.1) is 0 Å². The number of nitro groups is 1. The molecule has 0 fully saturated rings. The molecule has 0 spiro atoms. The van der Waals surface area contributed by atoms with Crippen molar-refractivity contribution in [2.45, 2.75) is 116 Å². The zero-order chi connectivity index (χ0) is 23.4. The number of rotatable bonds is 20. The summed E-state index contributed by atoms with van der Waals surface area (Å²) in [5, 5.41) is 20.2. The molecule has 1 rings (SSSR count). The fourth-order valence-electron chi connectivity index (χ4n) is 4.03. The molecule has 5 heteroatoms. The third-order valence-electron chi connectivity index (χ3n) is 6.03. The maximum absolute atomic E-state index is 11.5. The lowest BCUT2D eigenvalue weighted by Gasteiger charge is -2.04. The molecular formula is C27H43NO4. The molecule has 0 atom stereocenters. The van der Waals surface area contributed by atoms with Crippen LogP contribution in [-0.4, -0.2) is 16.0 Å². The molecule has 32 heavy (non-hydrogen) atoms. The third-order valence-corrected chi connectivity index (χ3v) is 6.03. The van der Waals surface area contributed by atoms with Crippen LogP contribution in [0.5, 0.6) is 0 Å². The zero-order valence-electron chi connectivity index (χ0n) is 20.0. The van der Waals surface area contributed by atoms with Gasteiger partial charge >= 0.3 is 5.97 Å². The van der Waals surface area contributed by atoms with Crippen LogP contribution in [0, 0.1) is 10.1 Å². The van der Waals surface area contributed by atoms with Crippen LogP contribution < -0.4 is 0 Å². The van der Waals surface area contributed by atoms with E-state index in [9.17, 15) is 20.0 Å². The van der Waals surface area contributed by atoms with E-state index in [1.807, 2.05) is 0 Å². The highest BCUT2D eigenvalue weighted by Gasteiger charge is 2.12. The summed E-state index contributed by atoms with van der Waals surface area (Å²) in [6.45, 7) is 2.26. The van der Waals surface area contributed by atoms with E-state index in [0.29, 0.717) is 5.56 Å². The normalized spacial score (nSPS) is 11.6. The molecule has 5 nitrogen and oxygen atoms in total. The molecule has 1 aromatic rings. The minimum atomic E-state index is -0.990. The van der Waals surface area contributed by atoms with Crippen molar-refractivity contribution < 1.29 is 14.8 Å². The molecule has 0 aliphatic heterocycles. The molecule has 0 bridgehead atoms. The predicted molar refractivity (Wildman–Crippen MR) is 133 cm³/mol. The van der Waals surface area contributed by atoms with Gasteiger partial charge in [0.05, 0.1) is 10.5 Å². The van der Waals surface area contributed by atoms with Crippen LogP contribution in [-0.2, 0) is 4.79 Å². The summed E-state index contributed by atoms with van der Waals surface area (Å²) in [7, 11) is 0. The lowest BCUT2D eigenvalue weighted by Crippen LogP contribution is -2.00. The summed E-state index contributed by atoms with van der Waals surface area (Å²) in [5.74, 6) is -0.990. The number of hydrogen-bond acceptors (Lipinski definition) is 3. The molecule has 0 amide bonds. The highest BCUT2D eigenvalue weighted by atomic mass is 16.6. The second-order valence-electron chi connectivity index (χ2n) is 8.82. The maximum Gasteiger partial charge on any atom is 0.335 e. The number of hydrogen-bond donors (Lipinski definition) is 1. The Bertz CT molecular complexity index is 667. The molecule has 0 saturated heterocycles. The lowest BCUT2D eigenvalue weighted by molar-refractivity contribution is -0.384. The second kappa shape index (κ2) is 18.4. The van der Waals surface area contributed by atoms with Crippen LogP contribution in [0.25, 0.3) is 5.57 Å². The van der Waals surface area contributed by atoms with E-state index in [4.69, 9.17) is 0 Å². The van der Waals surface area contributed by atoms with Crippen LogP contribution in [0.3, 0.4) is 0 Å². The topological polar surface area (TPSA) is 80.4 Å². The Kier molecular flexibility index (Phi) is 16.0. The average Bonchev–Trinajstić information content (AvgIpc) is 2.78. The standard InChI is InChI=1S/C27H43NO4/c1-2-3-4-5-6-7-8-9-10-11-12-13-14-15-16-17-18-19-26(27(29)30)24-20-22-25(23-21-24)28(31)32/h19-23H,2-18H2,1H3,(H,29,30). The van der Waals surface area contributed by atoms with Gasteiger partial charge in [-0.25, -0.2) is 4.79 Å². The first kappa shape index (κ1) is 27.9.